The molecule has 2 rings (SSSR count). The van der Waals surface area contributed by atoms with E-state index in [0.717, 1.165) is 4.90 Å². The maximum absolute atomic E-state index is 13.3. The molecule has 1 aromatic carbocycles. The average Bonchev–Trinajstić information content (AvgIpc) is 2.82. The Kier molecular flexibility index (Phi) is 5.66. The summed E-state index contributed by atoms with van der Waals surface area (Å²) in [5, 5.41) is 0. The Labute approximate surface area is 173 Å². The summed E-state index contributed by atoms with van der Waals surface area (Å²) in [6.07, 6.45) is 0.851. The van der Waals surface area contributed by atoms with Crippen molar-refractivity contribution in [2.24, 2.45) is 0 Å². The predicted molar refractivity (Wildman–Crippen MR) is 106 cm³/mol. The van der Waals surface area contributed by atoms with Gasteiger partial charge in [0.15, 0.2) is 0 Å². The summed E-state index contributed by atoms with van der Waals surface area (Å²) in [4.78, 5) is 41.0. The van der Waals surface area contributed by atoms with Gasteiger partial charge >= 0.3 is 11.9 Å². The Morgan fingerprint density at radius 2 is 1.75 bits per heavy atom. The first kappa shape index (κ1) is 15.5. The van der Waals surface area contributed by atoms with Gasteiger partial charge in [0.1, 0.15) is 5.54 Å². The molecule has 0 N–H and O–H groups in total. The molecule has 1 aliphatic rings. The Hall–Kier alpha value is -2.41. The van der Waals surface area contributed by atoms with Gasteiger partial charge in [-0.05, 0) is 31.3 Å². The Balaban J connectivity index is 2.58. The predicted octanol–water partition coefficient (Wildman–Crippen LogP) is 2.39. The first-order chi connectivity index (χ1) is 15.5. The molecule has 0 aromatic heterocycles. The number of nitrogens with zero attached hydrogens (tertiary/aromatic N) is 2. The smallest absolute Gasteiger partial charge is 0.332 e. The van der Waals surface area contributed by atoms with E-state index in [9.17, 15) is 14.4 Å². The summed E-state index contributed by atoms with van der Waals surface area (Å²) in [5.74, 6) is -1.60. The van der Waals surface area contributed by atoms with Crippen LogP contribution >= 0.6 is 0 Å². The molecule has 1 amide bonds. The van der Waals surface area contributed by atoms with Gasteiger partial charge in [-0.2, -0.15) is 0 Å². The molecule has 1 fully saturated rings. The number of methoxy groups -OCH3 is 2. The number of esters is 2. The van der Waals surface area contributed by atoms with Crippen LogP contribution in [0.2, 0.25) is 0 Å². The molecule has 0 saturated carbocycles. The highest BCUT2D eigenvalue weighted by molar-refractivity contribution is 6.02. The van der Waals surface area contributed by atoms with Crippen LogP contribution in [0.4, 0.5) is 5.69 Å². The van der Waals surface area contributed by atoms with Gasteiger partial charge < -0.3 is 14.4 Å². The number of hydrogen-bond donors (Lipinski definition) is 0. The summed E-state index contributed by atoms with van der Waals surface area (Å²) in [6.45, 7) is 2.85. The van der Waals surface area contributed by atoms with Gasteiger partial charge in [0.25, 0.3) is 0 Å². The van der Waals surface area contributed by atoms with Gasteiger partial charge in [-0.3, -0.25) is 14.5 Å². The lowest BCUT2D eigenvalue weighted by molar-refractivity contribution is -0.151. The third kappa shape index (κ3) is 4.90. The maximum Gasteiger partial charge on any atom is 0.332 e. The molecule has 0 unspecified atom stereocenters. The Bertz CT molecular complexity index is 890. The second-order valence-electron chi connectivity index (χ2n) is 6.64. The largest absolute Gasteiger partial charge is 0.469 e. The summed E-state index contributed by atoms with van der Waals surface area (Å²) in [5.41, 5.74) is -1.87. The number of amides is 1. The highest BCUT2D eigenvalue weighted by atomic mass is 16.5. The SMILES string of the molecule is [2H]c1c([2H])c([2H])c(N(C(=O)CCC)C2(C(=O)OC)CCN(CCC(=O)OC)CC2)c([2H])c1[2H]. The monoisotopic (exact) mass is 395 g/mol. The lowest BCUT2D eigenvalue weighted by Crippen LogP contribution is -2.62. The van der Waals surface area contributed by atoms with E-state index in [1.54, 1.807) is 6.92 Å². The van der Waals surface area contributed by atoms with E-state index in [1.165, 1.54) is 14.2 Å². The van der Waals surface area contributed by atoms with E-state index in [2.05, 4.69) is 4.74 Å². The number of anilines is 1. The van der Waals surface area contributed by atoms with Crippen molar-refractivity contribution in [3.63, 3.8) is 0 Å². The number of para-hydroxylation sites is 1. The van der Waals surface area contributed by atoms with Crippen molar-refractivity contribution in [3.8, 4) is 0 Å². The molecule has 1 aromatic rings. The third-order valence-corrected chi connectivity index (χ3v) is 4.96. The van der Waals surface area contributed by atoms with Crippen LogP contribution < -0.4 is 4.90 Å². The minimum atomic E-state index is -1.54. The fourth-order valence-electron chi connectivity index (χ4n) is 3.47. The zero-order chi connectivity index (χ0) is 24.9. The number of hydrogen-bond acceptors (Lipinski definition) is 6. The van der Waals surface area contributed by atoms with Crippen molar-refractivity contribution in [1.82, 2.24) is 4.90 Å². The van der Waals surface area contributed by atoms with Crippen LogP contribution in [0.1, 0.15) is 45.9 Å². The molecule has 7 heteroatoms. The summed E-state index contributed by atoms with van der Waals surface area (Å²) in [6, 6.07) is -2.86. The van der Waals surface area contributed by atoms with Gasteiger partial charge in [-0.25, -0.2) is 4.79 Å². The topological polar surface area (TPSA) is 76.2 Å². The number of piperidine rings is 1. The van der Waals surface area contributed by atoms with Crippen molar-refractivity contribution in [2.45, 2.75) is 44.6 Å². The van der Waals surface area contributed by atoms with Gasteiger partial charge in [-0.1, -0.05) is 25.1 Å². The summed E-state index contributed by atoms with van der Waals surface area (Å²) >= 11 is 0. The van der Waals surface area contributed by atoms with E-state index in [-0.39, 0.29) is 37.3 Å². The zero-order valence-corrected chi connectivity index (χ0v) is 16.6. The molecule has 28 heavy (non-hydrogen) atoms. The van der Waals surface area contributed by atoms with Crippen molar-refractivity contribution >= 4 is 23.5 Å². The molecule has 1 aliphatic heterocycles. The Morgan fingerprint density at radius 3 is 2.29 bits per heavy atom. The highest BCUT2D eigenvalue weighted by Gasteiger charge is 2.49. The van der Waals surface area contributed by atoms with E-state index in [0.29, 0.717) is 26.1 Å². The molecular weight excluding hydrogens is 360 g/mol. The second-order valence-corrected chi connectivity index (χ2v) is 6.64. The van der Waals surface area contributed by atoms with E-state index in [4.69, 9.17) is 11.6 Å². The van der Waals surface area contributed by atoms with Gasteiger partial charge in [-0.15, -0.1) is 0 Å². The van der Waals surface area contributed by atoms with E-state index < -0.39 is 47.6 Å². The number of carbonyl (C=O) groups excluding carboxylic acids is 3. The molecule has 0 radical (unpaired) electrons. The lowest BCUT2D eigenvalue weighted by atomic mass is 9.84. The molecule has 1 saturated heterocycles. The summed E-state index contributed by atoms with van der Waals surface area (Å²) < 4.78 is 50.4. The molecule has 0 aliphatic carbocycles. The number of rotatable bonds is 8. The van der Waals surface area contributed by atoms with E-state index >= 15 is 0 Å². The van der Waals surface area contributed by atoms with Crippen molar-refractivity contribution in [2.75, 3.05) is 38.8 Å². The average molecular weight is 396 g/mol. The van der Waals surface area contributed by atoms with Crippen molar-refractivity contribution in [3.05, 3.63) is 30.2 Å². The molecule has 154 valence electrons. The van der Waals surface area contributed by atoms with Crippen LogP contribution in [0.15, 0.2) is 30.2 Å². The normalized spacial score (nSPS) is 18.8. The molecule has 7 nitrogen and oxygen atoms in total. The van der Waals surface area contributed by atoms with E-state index in [1.807, 2.05) is 4.90 Å². The quantitative estimate of drug-likeness (QED) is 0.629. The molecular formula is C21H30N2O5. The number of benzene rings is 1. The minimum absolute atomic E-state index is 0.0208. The second kappa shape index (κ2) is 10.2. The van der Waals surface area contributed by atoms with Crippen LogP contribution in [0.5, 0.6) is 0 Å². The molecule has 0 bridgehead atoms. The zero-order valence-electron chi connectivity index (χ0n) is 21.6. The first-order valence-corrected chi connectivity index (χ1v) is 9.33. The third-order valence-electron chi connectivity index (χ3n) is 4.96. The van der Waals surface area contributed by atoms with Crippen LogP contribution in [-0.2, 0) is 23.9 Å². The maximum atomic E-state index is 13.3. The van der Waals surface area contributed by atoms with Gasteiger partial charge in [0, 0.05) is 31.7 Å². The summed E-state index contributed by atoms with van der Waals surface area (Å²) in [7, 11) is 2.50. The van der Waals surface area contributed by atoms with Crippen LogP contribution in [0.25, 0.3) is 0 Å². The first-order valence-electron chi connectivity index (χ1n) is 11.8. The fraction of sp³-hybridized carbons (Fsp3) is 0.571. The molecule has 1 heterocycles. The highest BCUT2D eigenvalue weighted by Crippen LogP contribution is 2.35. The number of carbonyl (C=O) groups is 3. The Morgan fingerprint density at radius 1 is 1.11 bits per heavy atom. The minimum Gasteiger partial charge on any atom is -0.469 e. The fourth-order valence-corrected chi connectivity index (χ4v) is 3.47. The number of ether oxygens (including phenoxy) is 2. The van der Waals surface area contributed by atoms with Crippen LogP contribution in [0, 0.1) is 0 Å². The van der Waals surface area contributed by atoms with Crippen molar-refractivity contribution in [1.29, 1.82) is 0 Å². The molecule has 0 atom stereocenters. The lowest BCUT2D eigenvalue weighted by Gasteiger charge is -2.46. The standard InChI is InChI=1S/C21H30N2O5/c1-4-8-18(24)23(17-9-6-5-7-10-17)21(20(26)28-3)12-15-22(16-13-21)14-11-19(25)27-2/h5-7,9-10H,4,8,11-16H2,1-3H3/i5D,6D,7D,9D,10D. The molecule has 0 spiro atoms. The van der Waals surface area contributed by atoms with Crippen LogP contribution in [0.3, 0.4) is 0 Å². The van der Waals surface area contributed by atoms with Gasteiger partial charge in [0.05, 0.1) is 27.5 Å². The van der Waals surface area contributed by atoms with Gasteiger partial charge in [0.2, 0.25) is 5.91 Å². The van der Waals surface area contributed by atoms with Crippen molar-refractivity contribution < 1.29 is 30.7 Å². The number of likely N-dealkylation sites (tertiary alicyclic amines) is 1. The van der Waals surface area contributed by atoms with Crippen LogP contribution in [-0.4, -0.2) is 62.1 Å².